The lowest BCUT2D eigenvalue weighted by molar-refractivity contribution is 0.104. The number of hydrogen-bond acceptors (Lipinski definition) is 10. The van der Waals surface area contributed by atoms with Crippen LogP contribution in [0.2, 0.25) is 0 Å². The maximum absolute atomic E-state index is 12.8. The summed E-state index contributed by atoms with van der Waals surface area (Å²) >= 11 is 0. The predicted octanol–water partition coefficient (Wildman–Crippen LogP) is 1.65. The molecule has 6 N–H and O–H groups in total. The van der Waals surface area contributed by atoms with Crippen molar-refractivity contribution in [3.8, 4) is 11.1 Å². The third-order valence-electron chi connectivity index (χ3n) is 7.07. The molecule has 3 aliphatic rings. The lowest BCUT2D eigenvalue weighted by atomic mass is 10.0. The number of piperidine rings is 2. The number of nitrogens with one attached hydrogen (secondary N) is 1. The lowest BCUT2D eigenvalue weighted by Gasteiger charge is -2.35. The van der Waals surface area contributed by atoms with Crippen molar-refractivity contribution in [3.05, 3.63) is 53.6 Å². The largest absolute Gasteiger partial charge is 0.391 e. The molecule has 3 aromatic rings. The average molecular weight is 487 g/mol. The van der Waals surface area contributed by atoms with Gasteiger partial charge >= 0.3 is 0 Å². The van der Waals surface area contributed by atoms with Crippen molar-refractivity contribution in [1.29, 1.82) is 0 Å². The van der Waals surface area contributed by atoms with Crippen molar-refractivity contribution in [2.75, 3.05) is 41.3 Å². The molecule has 36 heavy (non-hydrogen) atoms. The van der Waals surface area contributed by atoms with E-state index in [1.807, 2.05) is 52.3 Å². The van der Waals surface area contributed by atoms with Gasteiger partial charge in [-0.1, -0.05) is 24.3 Å². The fourth-order valence-corrected chi connectivity index (χ4v) is 5.40. The molecule has 0 bridgehead atoms. The predicted molar refractivity (Wildman–Crippen MR) is 139 cm³/mol. The van der Waals surface area contributed by atoms with Crippen molar-refractivity contribution < 1.29 is 9.90 Å². The topological polar surface area (TPSA) is 147 Å². The molecule has 0 unspecified atom stereocenters. The molecule has 2 fully saturated rings. The van der Waals surface area contributed by atoms with Crippen LogP contribution in [0, 0.1) is 0 Å². The summed E-state index contributed by atoms with van der Waals surface area (Å²) in [5.41, 5.74) is 16.5. The van der Waals surface area contributed by atoms with Gasteiger partial charge in [-0.05, 0) is 48.6 Å². The van der Waals surface area contributed by atoms with Crippen LogP contribution < -0.4 is 26.6 Å². The van der Waals surface area contributed by atoms with Crippen LogP contribution in [-0.4, -0.2) is 70.2 Å². The molecule has 2 aromatic carbocycles. The van der Waals surface area contributed by atoms with Crippen molar-refractivity contribution in [2.45, 2.75) is 37.5 Å². The van der Waals surface area contributed by atoms with E-state index in [-0.39, 0.29) is 17.9 Å². The van der Waals surface area contributed by atoms with Gasteiger partial charge in [-0.25, -0.2) is 0 Å². The minimum absolute atomic E-state index is 0.0401. The standard InChI is InChI=1S/C26H30N8O2/c27-15-10-16(28)13-34(12-15)26-31-24(30-25(32-26)33-9-3-4-18(35)14-33)29-17-7-8-21-22(11-17)19-5-1-2-6-20(19)23(21)36/h1-2,5-8,11,15-16,18,35H,3-4,9-10,12-14,27-28H2,(H,29,30,31,32)/t15-,16+,18-/m0/s1. The first-order chi connectivity index (χ1) is 17.4. The van der Waals surface area contributed by atoms with E-state index in [1.165, 1.54) is 0 Å². The van der Waals surface area contributed by atoms with E-state index in [0.29, 0.717) is 43.0 Å². The van der Waals surface area contributed by atoms with Gasteiger partial charge in [0.1, 0.15) is 0 Å². The van der Waals surface area contributed by atoms with Gasteiger partial charge in [-0.3, -0.25) is 4.79 Å². The Morgan fingerprint density at radius 1 is 0.861 bits per heavy atom. The molecule has 10 nitrogen and oxygen atoms in total. The first kappa shape index (κ1) is 22.8. The summed E-state index contributed by atoms with van der Waals surface area (Å²) in [4.78, 5) is 30.9. The van der Waals surface area contributed by atoms with E-state index >= 15 is 0 Å². The number of nitrogens with zero attached hydrogens (tertiary/aromatic N) is 5. The molecule has 3 heterocycles. The fourth-order valence-electron chi connectivity index (χ4n) is 5.40. The summed E-state index contributed by atoms with van der Waals surface area (Å²) in [5.74, 6) is 1.45. The lowest BCUT2D eigenvalue weighted by Crippen LogP contribution is -2.53. The van der Waals surface area contributed by atoms with Crippen LogP contribution in [0.1, 0.15) is 35.2 Å². The first-order valence-electron chi connectivity index (χ1n) is 12.4. The fraction of sp³-hybridized carbons (Fsp3) is 0.385. The van der Waals surface area contributed by atoms with Crippen molar-refractivity contribution in [3.63, 3.8) is 0 Å². The Morgan fingerprint density at radius 3 is 2.31 bits per heavy atom. The molecular formula is C26H30N8O2. The number of aliphatic hydroxyl groups is 1. The van der Waals surface area contributed by atoms with Crippen molar-refractivity contribution in [1.82, 2.24) is 15.0 Å². The Balaban J connectivity index is 1.35. The Labute approximate surface area is 209 Å². The Morgan fingerprint density at radius 2 is 1.56 bits per heavy atom. The summed E-state index contributed by atoms with van der Waals surface area (Å²) in [5, 5.41) is 13.5. The third-order valence-corrected chi connectivity index (χ3v) is 7.07. The zero-order valence-corrected chi connectivity index (χ0v) is 20.0. The van der Waals surface area contributed by atoms with Crippen LogP contribution in [0.5, 0.6) is 0 Å². The zero-order chi connectivity index (χ0) is 24.8. The van der Waals surface area contributed by atoms with Gasteiger partial charge in [0.2, 0.25) is 17.8 Å². The molecule has 186 valence electrons. The number of anilines is 4. The number of fused-ring (bicyclic) bond motifs is 3. The highest BCUT2D eigenvalue weighted by atomic mass is 16.3. The van der Waals surface area contributed by atoms with E-state index < -0.39 is 6.10 Å². The number of hydrogen-bond donors (Lipinski definition) is 4. The monoisotopic (exact) mass is 486 g/mol. The van der Waals surface area contributed by atoms with Crippen molar-refractivity contribution in [2.24, 2.45) is 11.5 Å². The van der Waals surface area contributed by atoms with Crippen LogP contribution >= 0.6 is 0 Å². The van der Waals surface area contributed by atoms with E-state index in [2.05, 4.69) is 5.32 Å². The summed E-state index contributed by atoms with van der Waals surface area (Å²) in [6.07, 6.45) is 1.97. The quantitative estimate of drug-likeness (QED) is 0.336. The average Bonchev–Trinajstić information content (AvgIpc) is 3.15. The number of rotatable bonds is 4. The van der Waals surface area contributed by atoms with Gasteiger partial charge in [0.15, 0.2) is 5.78 Å². The van der Waals surface area contributed by atoms with Crippen LogP contribution in [0.3, 0.4) is 0 Å². The molecule has 0 radical (unpaired) electrons. The molecule has 3 atom stereocenters. The Kier molecular flexibility index (Phi) is 5.79. The van der Waals surface area contributed by atoms with Crippen LogP contribution in [0.15, 0.2) is 42.5 Å². The summed E-state index contributed by atoms with van der Waals surface area (Å²) in [6.45, 7) is 2.45. The first-order valence-corrected chi connectivity index (χ1v) is 12.4. The highest BCUT2D eigenvalue weighted by Gasteiger charge is 2.29. The van der Waals surface area contributed by atoms with Gasteiger partial charge in [0, 0.05) is 55.1 Å². The smallest absolute Gasteiger partial charge is 0.233 e. The van der Waals surface area contributed by atoms with E-state index in [9.17, 15) is 9.90 Å². The minimum Gasteiger partial charge on any atom is -0.391 e. The number of aromatic nitrogens is 3. The van der Waals surface area contributed by atoms with Gasteiger partial charge in [0.25, 0.3) is 0 Å². The number of carbonyl (C=O) groups is 1. The summed E-state index contributed by atoms with van der Waals surface area (Å²) < 4.78 is 0. The molecular weight excluding hydrogens is 456 g/mol. The molecule has 1 aliphatic carbocycles. The molecule has 1 aromatic heterocycles. The van der Waals surface area contributed by atoms with Crippen molar-refractivity contribution >= 4 is 29.3 Å². The maximum atomic E-state index is 12.8. The highest BCUT2D eigenvalue weighted by molar-refractivity contribution is 6.22. The van der Waals surface area contributed by atoms with Crippen LogP contribution in [0.25, 0.3) is 11.1 Å². The van der Waals surface area contributed by atoms with Gasteiger partial charge < -0.3 is 31.7 Å². The molecule has 2 saturated heterocycles. The number of benzene rings is 2. The Bertz CT molecular complexity index is 1300. The van der Waals surface area contributed by atoms with Crippen LogP contribution in [-0.2, 0) is 0 Å². The summed E-state index contributed by atoms with van der Waals surface area (Å²) in [7, 11) is 0. The van der Waals surface area contributed by atoms with Gasteiger partial charge in [-0.15, -0.1) is 0 Å². The second-order valence-corrected chi connectivity index (χ2v) is 9.92. The molecule has 2 aliphatic heterocycles. The normalized spacial score (nSPS) is 23.4. The summed E-state index contributed by atoms with van der Waals surface area (Å²) in [6, 6.07) is 13.2. The second-order valence-electron chi connectivity index (χ2n) is 9.92. The Hall–Kier alpha value is -3.60. The van der Waals surface area contributed by atoms with Crippen LogP contribution in [0.4, 0.5) is 23.5 Å². The second kappa shape index (κ2) is 9.12. The van der Waals surface area contributed by atoms with Gasteiger partial charge in [-0.2, -0.15) is 15.0 Å². The van der Waals surface area contributed by atoms with E-state index in [0.717, 1.165) is 48.2 Å². The van der Waals surface area contributed by atoms with E-state index in [4.69, 9.17) is 26.4 Å². The van der Waals surface area contributed by atoms with E-state index in [1.54, 1.807) is 0 Å². The SMILES string of the molecule is N[C@@H]1C[C@H](N)CN(c2nc(Nc3ccc4c(c3)-c3ccccc3C4=O)nc(N3CCC[C@H](O)C3)n2)C1. The molecule has 0 amide bonds. The number of β-amino-alcohol motifs (C(OH)–C–C–N with tert-alkyl or cyclic N) is 1. The zero-order valence-electron chi connectivity index (χ0n) is 20.0. The molecule has 6 rings (SSSR count). The molecule has 0 saturated carbocycles. The number of nitrogens with two attached hydrogens (primary N) is 2. The molecule has 10 heteroatoms. The maximum Gasteiger partial charge on any atom is 0.233 e. The van der Waals surface area contributed by atoms with Gasteiger partial charge in [0.05, 0.1) is 6.10 Å². The number of aliphatic hydroxyl groups excluding tert-OH is 1. The molecule has 0 spiro atoms. The third kappa shape index (κ3) is 4.27. The number of ketones is 1. The highest BCUT2D eigenvalue weighted by Crippen LogP contribution is 2.38. The number of carbonyl (C=O) groups excluding carboxylic acids is 1. The minimum atomic E-state index is -0.415.